The molecular formula is C28H37ClFN5O3. The minimum absolute atomic E-state index is 0.145. The molecule has 5 rings (SSSR count). The Morgan fingerprint density at radius 2 is 1.84 bits per heavy atom. The van der Waals surface area contributed by atoms with E-state index in [1.165, 1.54) is 17.8 Å². The number of aryl methyl sites for hydroxylation is 2. The van der Waals surface area contributed by atoms with E-state index in [1.807, 2.05) is 29.4 Å². The maximum atomic E-state index is 12.5. The summed E-state index contributed by atoms with van der Waals surface area (Å²) in [6, 6.07) is 6.52. The lowest BCUT2D eigenvalue weighted by molar-refractivity contribution is 0.0266. The zero-order valence-corrected chi connectivity index (χ0v) is 23.4. The summed E-state index contributed by atoms with van der Waals surface area (Å²) in [5, 5.41) is 17.3. The highest BCUT2D eigenvalue weighted by Gasteiger charge is 2.44. The Morgan fingerprint density at radius 1 is 1.18 bits per heavy atom. The molecule has 38 heavy (non-hydrogen) atoms. The third-order valence-electron chi connectivity index (χ3n) is 7.62. The highest BCUT2D eigenvalue weighted by Crippen LogP contribution is 2.55. The van der Waals surface area contributed by atoms with Crippen LogP contribution in [0.5, 0.6) is 5.88 Å². The van der Waals surface area contributed by atoms with Crippen molar-refractivity contribution in [2.75, 3.05) is 19.0 Å². The normalized spacial score (nSPS) is 22.5. The largest absolute Gasteiger partial charge is 0.474 e. The molecule has 206 valence electrons. The molecule has 2 aliphatic carbocycles. The van der Waals surface area contributed by atoms with E-state index in [0.717, 1.165) is 49.0 Å². The number of carbonyl (C=O) groups is 1. The van der Waals surface area contributed by atoms with Gasteiger partial charge in [-0.15, -0.1) is 5.10 Å². The summed E-state index contributed by atoms with van der Waals surface area (Å²) in [5.41, 5.74) is 2.85. The second kappa shape index (κ2) is 11.5. The van der Waals surface area contributed by atoms with Crippen LogP contribution in [-0.2, 0) is 14.1 Å². The molecule has 2 N–H and O–H groups in total. The second-order valence-electron chi connectivity index (χ2n) is 11.1. The molecule has 2 heterocycles. The molecule has 0 aliphatic heterocycles. The Labute approximate surface area is 228 Å². The summed E-state index contributed by atoms with van der Waals surface area (Å²) in [6.07, 6.45) is 7.20. The number of aldehydes is 1. The predicted molar refractivity (Wildman–Crippen MR) is 145 cm³/mol. The van der Waals surface area contributed by atoms with Crippen LogP contribution in [0.3, 0.4) is 0 Å². The molecule has 2 aromatic heterocycles. The van der Waals surface area contributed by atoms with Crippen molar-refractivity contribution in [1.82, 2.24) is 19.3 Å². The maximum Gasteiger partial charge on any atom is 0.233 e. The number of rotatable bonds is 7. The van der Waals surface area contributed by atoms with Gasteiger partial charge < -0.3 is 19.7 Å². The first-order valence-corrected chi connectivity index (χ1v) is 13.3. The van der Waals surface area contributed by atoms with E-state index in [0.29, 0.717) is 29.6 Å². The van der Waals surface area contributed by atoms with Crippen molar-refractivity contribution in [2.24, 2.45) is 25.9 Å². The number of hydrogen-bond donors (Lipinski definition) is 2. The van der Waals surface area contributed by atoms with Gasteiger partial charge in [0.1, 0.15) is 18.1 Å². The second-order valence-corrected chi connectivity index (χ2v) is 11.5. The quantitative estimate of drug-likeness (QED) is 0.390. The molecule has 1 aromatic carbocycles. The van der Waals surface area contributed by atoms with Gasteiger partial charge in [-0.1, -0.05) is 11.6 Å². The number of aliphatic hydroxyl groups is 1. The molecule has 2 atom stereocenters. The predicted octanol–water partition coefficient (Wildman–Crippen LogP) is 5.32. The molecule has 0 bridgehead atoms. The Bertz CT molecular complexity index is 1250. The lowest BCUT2D eigenvalue weighted by atomic mass is 9.93. The number of hydrogen-bond acceptors (Lipinski definition) is 6. The summed E-state index contributed by atoms with van der Waals surface area (Å²) in [5.74, 6) is 2.43. The Hall–Kier alpha value is -2.91. The van der Waals surface area contributed by atoms with Gasteiger partial charge in [0.05, 0.1) is 22.6 Å². The van der Waals surface area contributed by atoms with Crippen molar-refractivity contribution in [1.29, 1.82) is 0 Å². The van der Waals surface area contributed by atoms with Gasteiger partial charge in [-0.05, 0) is 69.6 Å². The van der Waals surface area contributed by atoms with E-state index in [2.05, 4.69) is 15.4 Å². The first-order valence-electron chi connectivity index (χ1n) is 13.0. The zero-order chi connectivity index (χ0) is 27.6. The summed E-state index contributed by atoms with van der Waals surface area (Å²) in [6.45, 7) is 3.68. The summed E-state index contributed by atoms with van der Waals surface area (Å²) in [7, 11) is 5.60. The van der Waals surface area contributed by atoms with Crippen LogP contribution in [0.15, 0.2) is 30.6 Å². The molecule has 2 unspecified atom stereocenters. The van der Waals surface area contributed by atoms with E-state index in [4.69, 9.17) is 16.3 Å². The van der Waals surface area contributed by atoms with Crippen LogP contribution in [0.2, 0.25) is 5.02 Å². The van der Waals surface area contributed by atoms with Crippen molar-refractivity contribution in [3.05, 3.63) is 58.5 Å². The number of halogens is 2. The highest BCUT2D eigenvalue weighted by molar-refractivity contribution is 6.31. The zero-order valence-electron chi connectivity index (χ0n) is 22.6. The minimum Gasteiger partial charge on any atom is -0.474 e. The van der Waals surface area contributed by atoms with Crippen LogP contribution in [-0.4, -0.2) is 50.0 Å². The minimum atomic E-state index is -0.872. The van der Waals surface area contributed by atoms with Gasteiger partial charge in [-0.25, -0.2) is 9.37 Å². The van der Waals surface area contributed by atoms with Crippen molar-refractivity contribution in [3.8, 4) is 5.88 Å². The van der Waals surface area contributed by atoms with Crippen molar-refractivity contribution in [3.63, 3.8) is 0 Å². The smallest absolute Gasteiger partial charge is 0.233 e. The summed E-state index contributed by atoms with van der Waals surface area (Å²) < 4.78 is 21.9. The summed E-state index contributed by atoms with van der Waals surface area (Å²) >= 11 is 5.48. The third kappa shape index (κ3) is 6.38. The van der Waals surface area contributed by atoms with Gasteiger partial charge in [-0.3, -0.25) is 9.48 Å². The van der Waals surface area contributed by atoms with Crippen molar-refractivity contribution >= 4 is 23.6 Å². The van der Waals surface area contributed by atoms with E-state index in [-0.39, 0.29) is 17.4 Å². The molecular weight excluding hydrogens is 509 g/mol. The molecule has 2 fully saturated rings. The number of benzene rings is 1. The van der Waals surface area contributed by atoms with Crippen LogP contribution in [0, 0.1) is 17.7 Å². The number of aromatic nitrogens is 4. The van der Waals surface area contributed by atoms with Crippen LogP contribution in [0.25, 0.3) is 0 Å². The number of ether oxygens (including phenoxy) is 1. The topological polar surface area (TPSA) is 94.2 Å². The van der Waals surface area contributed by atoms with E-state index in [9.17, 15) is 14.3 Å². The monoisotopic (exact) mass is 545 g/mol. The van der Waals surface area contributed by atoms with E-state index in [1.54, 1.807) is 33.3 Å². The molecule has 0 amide bonds. The molecule has 2 saturated carbocycles. The number of imidazole rings is 1. The lowest BCUT2D eigenvalue weighted by Gasteiger charge is -2.16. The van der Waals surface area contributed by atoms with Gasteiger partial charge in [-0.2, -0.15) is 0 Å². The fourth-order valence-electron chi connectivity index (χ4n) is 5.81. The van der Waals surface area contributed by atoms with E-state index < -0.39 is 5.60 Å². The van der Waals surface area contributed by atoms with Gasteiger partial charge in [0.15, 0.2) is 6.29 Å². The number of carbonyl (C=O) groups excluding carboxylic acids is 1. The molecule has 0 saturated heterocycles. The van der Waals surface area contributed by atoms with Gasteiger partial charge in [0, 0.05) is 50.4 Å². The Morgan fingerprint density at radius 3 is 2.42 bits per heavy atom. The Kier molecular flexibility index (Phi) is 8.47. The number of nitrogens with zero attached hydrogens (tertiary/aromatic N) is 4. The van der Waals surface area contributed by atoms with E-state index >= 15 is 0 Å². The number of nitrogens with one attached hydrogen (secondary N) is 1. The standard InChI is InChI=1S/C21H30N4O3.C7H7ClFN/c1-21(2,27)11-28-19-9-17(25(4)23-19)15-5-13-7-16(8-14(13)6-15)20-18(10-26)24(3)12-22-20;1-10-5-2-3-7(9)6(8)4-5/h9-10,12-16,27H,5-8,11H2,1-4H3;2-4,10H,1H3. The van der Waals surface area contributed by atoms with Gasteiger partial charge in [0.25, 0.3) is 0 Å². The van der Waals surface area contributed by atoms with Crippen LogP contribution in [0.1, 0.15) is 73.2 Å². The van der Waals surface area contributed by atoms with Gasteiger partial charge in [0.2, 0.25) is 5.88 Å². The molecule has 3 aromatic rings. The fourth-order valence-corrected chi connectivity index (χ4v) is 5.99. The molecule has 8 nitrogen and oxygen atoms in total. The summed E-state index contributed by atoms with van der Waals surface area (Å²) in [4.78, 5) is 15.9. The maximum absolute atomic E-state index is 12.5. The van der Waals surface area contributed by atoms with Crippen LogP contribution in [0.4, 0.5) is 10.1 Å². The highest BCUT2D eigenvalue weighted by atomic mass is 35.5. The van der Waals surface area contributed by atoms with Crippen molar-refractivity contribution < 1.29 is 19.0 Å². The fraction of sp³-hybridized carbons (Fsp3) is 0.536. The molecule has 10 heteroatoms. The molecule has 0 radical (unpaired) electrons. The Balaban J connectivity index is 0.000000283. The van der Waals surface area contributed by atoms with Crippen LogP contribution < -0.4 is 10.1 Å². The molecule has 0 spiro atoms. The molecule has 2 aliphatic rings. The first kappa shape index (κ1) is 28.1. The lowest BCUT2D eigenvalue weighted by Crippen LogP contribution is -2.27. The number of fused-ring (bicyclic) bond motifs is 1. The third-order valence-corrected chi connectivity index (χ3v) is 7.91. The first-order chi connectivity index (χ1) is 18.0. The SMILES string of the molecule is CNc1ccc(F)c(Cl)c1.Cn1cnc(C2CC3CC(c4cc(OCC(C)(C)O)nn4C)CC3C2)c1C=O. The van der Waals surface area contributed by atoms with Crippen molar-refractivity contribution in [2.45, 2.75) is 57.0 Å². The average Bonchev–Trinajstić information content (AvgIpc) is 3.61. The number of anilines is 1. The van der Waals surface area contributed by atoms with Gasteiger partial charge >= 0.3 is 0 Å². The van der Waals surface area contributed by atoms with Crippen LogP contribution >= 0.6 is 11.6 Å². The average molecular weight is 546 g/mol.